The molecule has 0 amide bonds. The molecule has 0 aliphatic carbocycles. The first-order valence-electron chi connectivity index (χ1n) is 6.29. The van der Waals surface area contributed by atoms with Crippen molar-refractivity contribution in [2.24, 2.45) is 0 Å². The zero-order chi connectivity index (χ0) is 13.3. The third-order valence-electron chi connectivity index (χ3n) is 3.49. The quantitative estimate of drug-likeness (QED) is 0.893. The monoisotopic (exact) mass is 268 g/mol. The Morgan fingerprint density at radius 1 is 1.44 bits per heavy atom. The number of nitrogens with one attached hydrogen (secondary N) is 1. The highest BCUT2D eigenvalue weighted by atomic mass is 35.5. The largest absolute Gasteiger partial charge is 0.495 e. The zero-order valence-corrected chi connectivity index (χ0v) is 12.2. The highest BCUT2D eigenvalue weighted by molar-refractivity contribution is 6.31. The lowest BCUT2D eigenvalue weighted by Crippen LogP contribution is -2.62. The van der Waals surface area contributed by atoms with Gasteiger partial charge in [-0.2, -0.15) is 0 Å². The van der Waals surface area contributed by atoms with Crippen LogP contribution in [0.3, 0.4) is 0 Å². The minimum absolute atomic E-state index is 0.0373. The maximum absolute atomic E-state index is 6.14. The van der Waals surface area contributed by atoms with Crippen molar-refractivity contribution >= 4 is 17.3 Å². The summed E-state index contributed by atoms with van der Waals surface area (Å²) in [5.74, 6) is 0.876. The molecule has 1 aliphatic rings. The van der Waals surface area contributed by atoms with E-state index in [0.29, 0.717) is 6.04 Å². The minimum atomic E-state index is 0.0373. The first-order chi connectivity index (χ1) is 8.45. The molecule has 1 aromatic carbocycles. The summed E-state index contributed by atoms with van der Waals surface area (Å²) >= 11 is 6.14. The van der Waals surface area contributed by atoms with Crippen LogP contribution in [0.4, 0.5) is 5.69 Å². The molecule has 4 heteroatoms. The molecule has 1 fully saturated rings. The predicted molar refractivity (Wildman–Crippen MR) is 76.9 cm³/mol. The Bertz CT molecular complexity index is 434. The maximum Gasteiger partial charge on any atom is 0.142 e. The molecule has 1 heterocycles. The molecule has 18 heavy (non-hydrogen) atoms. The van der Waals surface area contributed by atoms with Gasteiger partial charge in [0, 0.05) is 29.7 Å². The van der Waals surface area contributed by atoms with E-state index in [9.17, 15) is 0 Å². The second-order valence-corrected chi connectivity index (χ2v) is 5.91. The fraction of sp³-hybridized carbons (Fsp3) is 0.571. The van der Waals surface area contributed by atoms with E-state index in [2.05, 4.69) is 31.0 Å². The van der Waals surface area contributed by atoms with Crippen LogP contribution in [0.5, 0.6) is 5.75 Å². The van der Waals surface area contributed by atoms with Crippen LogP contribution in [0.2, 0.25) is 5.02 Å². The fourth-order valence-corrected chi connectivity index (χ4v) is 2.94. The SMILES string of the molecule is COc1ccc(Cl)cc1N1C(C)CNCC1(C)C. The van der Waals surface area contributed by atoms with Crippen molar-refractivity contribution in [1.82, 2.24) is 5.32 Å². The minimum Gasteiger partial charge on any atom is -0.495 e. The summed E-state index contributed by atoms with van der Waals surface area (Å²) in [6, 6.07) is 6.19. The molecule has 0 saturated carbocycles. The first-order valence-corrected chi connectivity index (χ1v) is 6.67. The van der Waals surface area contributed by atoms with Crippen LogP contribution < -0.4 is 15.0 Å². The van der Waals surface area contributed by atoms with Crippen LogP contribution >= 0.6 is 11.6 Å². The number of methoxy groups -OCH3 is 1. The van der Waals surface area contributed by atoms with Crippen molar-refractivity contribution in [2.45, 2.75) is 32.4 Å². The number of nitrogens with zero attached hydrogens (tertiary/aromatic N) is 1. The molecule has 1 saturated heterocycles. The maximum atomic E-state index is 6.14. The molecular formula is C14H21ClN2O. The number of piperazine rings is 1. The van der Waals surface area contributed by atoms with E-state index in [-0.39, 0.29) is 5.54 Å². The Balaban J connectivity index is 2.47. The van der Waals surface area contributed by atoms with Gasteiger partial charge in [0.25, 0.3) is 0 Å². The van der Waals surface area contributed by atoms with Gasteiger partial charge in [0.2, 0.25) is 0 Å². The summed E-state index contributed by atoms with van der Waals surface area (Å²) in [6.07, 6.45) is 0. The Morgan fingerprint density at radius 3 is 2.78 bits per heavy atom. The van der Waals surface area contributed by atoms with Gasteiger partial charge in [0.05, 0.1) is 12.8 Å². The number of rotatable bonds is 2. The van der Waals surface area contributed by atoms with Gasteiger partial charge in [-0.25, -0.2) is 0 Å². The summed E-state index contributed by atoms with van der Waals surface area (Å²) in [4.78, 5) is 2.40. The van der Waals surface area contributed by atoms with Crippen molar-refractivity contribution in [2.75, 3.05) is 25.1 Å². The highest BCUT2D eigenvalue weighted by Gasteiger charge is 2.35. The molecule has 0 spiro atoms. The number of ether oxygens (including phenoxy) is 1. The van der Waals surface area contributed by atoms with E-state index in [1.807, 2.05) is 18.2 Å². The molecule has 3 nitrogen and oxygen atoms in total. The number of hydrogen-bond donors (Lipinski definition) is 1. The van der Waals surface area contributed by atoms with E-state index >= 15 is 0 Å². The summed E-state index contributed by atoms with van der Waals surface area (Å²) in [5, 5.41) is 4.20. The second kappa shape index (κ2) is 4.98. The lowest BCUT2D eigenvalue weighted by molar-refractivity contribution is 0.327. The van der Waals surface area contributed by atoms with Crippen molar-refractivity contribution < 1.29 is 4.74 Å². The van der Waals surface area contributed by atoms with Crippen LogP contribution in [-0.2, 0) is 0 Å². The van der Waals surface area contributed by atoms with E-state index in [0.717, 1.165) is 29.5 Å². The lowest BCUT2D eigenvalue weighted by atomic mass is 9.95. The van der Waals surface area contributed by atoms with Crippen LogP contribution in [0.15, 0.2) is 18.2 Å². The van der Waals surface area contributed by atoms with Gasteiger partial charge >= 0.3 is 0 Å². The van der Waals surface area contributed by atoms with E-state index in [4.69, 9.17) is 16.3 Å². The zero-order valence-electron chi connectivity index (χ0n) is 11.5. The topological polar surface area (TPSA) is 24.5 Å². The van der Waals surface area contributed by atoms with Gasteiger partial charge in [-0.1, -0.05) is 11.6 Å². The summed E-state index contributed by atoms with van der Waals surface area (Å²) in [7, 11) is 1.70. The molecule has 1 N–H and O–H groups in total. The third-order valence-corrected chi connectivity index (χ3v) is 3.73. The average molecular weight is 269 g/mol. The van der Waals surface area contributed by atoms with Gasteiger partial charge in [-0.05, 0) is 39.0 Å². The van der Waals surface area contributed by atoms with Gasteiger partial charge in [-0.15, -0.1) is 0 Å². The Labute approximate surface area is 114 Å². The summed E-state index contributed by atoms with van der Waals surface area (Å²) in [6.45, 7) is 8.60. The molecule has 1 aromatic rings. The number of anilines is 1. The third kappa shape index (κ3) is 2.43. The van der Waals surface area contributed by atoms with Crippen molar-refractivity contribution in [3.8, 4) is 5.75 Å². The Hall–Kier alpha value is -0.930. The predicted octanol–water partition coefficient (Wildman–Crippen LogP) is 2.93. The Morgan fingerprint density at radius 2 is 2.17 bits per heavy atom. The number of benzene rings is 1. The van der Waals surface area contributed by atoms with Crippen LogP contribution in [0.1, 0.15) is 20.8 Å². The van der Waals surface area contributed by atoms with Crippen LogP contribution in [-0.4, -0.2) is 31.8 Å². The van der Waals surface area contributed by atoms with Crippen molar-refractivity contribution in [1.29, 1.82) is 0 Å². The normalized spacial score (nSPS) is 22.9. The molecule has 1 aliphatic heterocycles. The number of halogens is 1. The van der Waals surface area contributed by atoms with Crippen LogP contribution in [0, 0.1) is 0 Å². The first kappa shape index (κ1) is 13.5. The molecule has 0 aromatic heterocycles. The molecule has 2 rings (SSSR count). The van der Waals surface area contributed by atoms with Crippen molar-refractivity contribution in [3.63, 3.8) is 0 Å². The lowest BCUT2D eigenvalue weighted by Gasteiger charge is -2.49. The molecule has 1 atom stereocenters. The Kier molecular flexibility index (Phi) is 3.74. The molecule has 1 unspecified atom stereocenters. The van der Waals surface area contributed by atoms with Gasteiger partial charge < -0.3 is 15.0 Å². The standard InChI is InChI=1S/C14H21ClN2O/c1-10-8-16-9-14(2,3)17(10)12-7-11(15)5-6-13(12)18-4/h5-7,10,16H,8-9H2,1-4H3. The molecular weight excluding hydrogens is 248 g/mol. The van der Waals surface area contributed by atoms with Crippen molar-refractivity contribution in [3.05, 3.63) is 23.2 Å². The smallest absolute Gasteiger partial charge is 0.142 e. The van der Waals surface area contributed by atoms with Gasteiger partial charge in [0.1, 0.15) is 5.75 Å². The molecule has 100 valence electrons. The fourth-order valence-electron chi connectivity index (χ4n) is 2.77. The molecule has 0 bridgehead atoms. The van der Waals surface area contributed by atoms with Gasteiger partial charge in [-0.3, -0.25) is 0 Å². The van der Waals surface area contributed by atoms with E-state index < -0.39 is 0 Å². The van der Waals surface area contributed by atoms with E-state index in [1.54, 1.807) is 7.11 Å². The second-order valence-electron chi connectivity index (χ2n) is 5.48. The van der Waals surface area contributed by atoms with Crippen LogP contribution in [0.25, 0.3) is 0 Å². The summed E-state index contributed by atoms with van der Waals surface area (Å²) < 4.78 is 5.47. The highest BCUT2D eigenvalue weighted by Crippen LogP contribution is 2.37. The van der Waals surface area contributed by atoms with E-state index in [1.165, 1.54) is 0 Å². The summed E-state index contributed by atoms with van der Waals surface area (Å²) in [5.41, 5.74) is 1.11. The number of hydrogen-bond acceptors (Lipinski definition) is 3. The molecule has 0 radical (unpaired) electrons. The van der Waals surface area contributed by atoms with Gasteiger partial charge in [0.15, 0.2) is 0 Å². The average Bonchev–Trinajstić information content (AvgIpc) is 2.28.